The Morgan fingerprint density at radius 2 is 1.77 bits per heavy atom. The number of para-hydroxylation sites is 1. The van der Waals surface area contributed by atoms with E-state index < -0.39 is 0 Å². The summed E-state index contributed by atoms with van der Waals surface area (Å²) < 4.78 is 16.4. The predicted octanol–water partition coefficient (Wildman–Crippen LogP) is 4.15. The maximum absolute atomic E-state index is 5.79. The maximum atomic E-state index is 5.79. The van der Waals surface area contributed by atoms with Gasteiger partial charge in [0.25, 0.3) is 0 Å². The topological polar surface area (TPSA) is 77.0 Å². The zero-order valence-corrected chi connectivity index (χ0v) is 18.1. The SMILES string of the molecule is CCNC(=NCc1ccc(Oc2cccc(OC)c2)nc1)NCc1ccccc1OC. The summed E-state index contributed by atoms with van der Waals surface area (Å²) in [6, 6.07) is 19.1. The lowest BCUT2D eigenvalue weighted by atomic mass is 10.2. The fraction of sp³-hybridized carbons (Fsp3) is 0.250. The number of guanidine groups is 1. The van der Waals surface area contributed by atoms with Crippen molar-refractivity contribution in [2.45, 2.75) is 20.0 Å². The van der Waals surface area contributed by atoms with Gasteiger partial charge in [0.05, 0.1) is 20.8 Å². The molecule has 0 radical (unpaired) electrons. The normalized spacial score (nSPS) is 11.0. The highest BCUT2D eigenvalue weighted by atomic mass is 16.5. The lowest BCUT2D eigenvalue weighted by molar-refractivity contribution is 0.407. The Kier molecular flexibility index (Phi) is 8.11. The van der Waals surface area contributed by atoms with Crippen LogP contribution in [0, 0.1) is 0 Å². The van der Waals surface area contributed by atoms with Gasteiger partial charge in [0, 0.05) is 37.0 Å². The molecule has 0 bridgehead atoms. The van der Waals surface area contributed by atoms with Gasteiger partial charge in [0.15, 0.2) is 5.96 Å². The molecule has 0 saturated heterocycles. The average Bonchev–Trinajstić information content (AvgIpc) is 2.82. The fourth-order valence-corrected chi connectivity index (χ4v) is 2.89. The van der Waals surface area contributed by atoms with Crippen molar-refractivity contribution in [2.75, 3.05) is 20.8 Å². The van der Waals surface area contributed by atoms with E-state index in [1.807, 2.05) is 67.6 Å². The molecule has 7 nitrogen and oxygen atoms in total. The summed E-state index contributed by atoms with van der Waals surface area (Å²) in [4.78, 5) is 9.03. The molecule has 0 amide bonds. The van der Waals surface area contributed by atoms with E-state index in [2.05, 4.69) is 20.6 Å². The Morgan fingerprint density at radius 1 is 0.935 bits per heavy atom. The molecule has 1 heterocycles. The molecular weight excluding hydrogens is 392 g/mol. The van der Waals surface area contributed by atoms with Crippen LogP contribution in [0.1, 0.15) is 18.1 Å². The number of hydrogen-bond acceptors (Lipinski definition) is 5. The van der Waals surface area contributed by atoms with Gasteiger partial charge in [-0.1, -0.05) is 30.3 Å². The second kappa shape index (κ2) is 11.4. The van der Waals surface area contributed by atoms with E-state index in [0.717, 1.165) is 35.1 Å². The number of nitrogens with zero attached hydrogens (tertiary/aromatic N) is 2. The number of ether oxygens (including phenoxy) is 3. The molecule has 7 heteroatoms. The van der Waals surface area contributed by atoms with Crippen LogP contribution in [-0.4, -0.2) is 31.7 Å². The zero-order valence-electron chi connectivity index (χ0n) is 18.1. The van der Waals surface area contributed by atoms with Crippen molar-refractivity contribution in [2.24, 2.45) is 4.99 Å². The minimum absolute atomic E-state index is 0.494. The van der Waals surface area contributed by atoms with E-state index in [0.29, 0.717) is 24.7 Å². The van der Waals surface area contributed by atoms with Gasteiger partial charge in [-0.05, 0) is 30.7 Å². The highest BCUT2D eigenvalue weighted by molar-refractivity contribution is 5.79. The van der Waals surface area contributed by atoms with Crippen LogP contribution < -0.4 is 24.8 Å². The first-order valence-electron chi connectivity index (χ1n) is 10.1. The van der Waals surface area contributed by atoms with Crippen LogP contribution in [0.3, 0.4) is 0 Å². The number of aliphatic imine (C=N–C) groups is 1. The van der Waals surface area contributed by atoms with Crippen molar-refractivity contribution in [1.82, 2.24) is 15.6 Å². The molecule has 3 aromatic rings. The summed E-state index contributed by atoms with van der Waals surface area (Å²) in [5, 5.41) is 6.60. The molecule has 0 fully saturated rings. The molecule has 3 rings (SSSR count). The number of rotatable bonds is 9. The Hall–Kier alpha value is -3.74. The molecule has 0 saturated carbocycles. The van der Waals surface area contributed by atoms with E-state index in [1.54, 1.807) is 20.4 Å². The van der Waals surface area contributed by atoms with Gasteiger partial charge >= 0.3 is 0 Å². The first kappa shape index (κ1) is 22.0. The van der Waals surface area contributed by atoms with Gasteiger partial charge in [0.2, 0.25) is 5.88 Å². The number of aromatic nitrogens is 1. The molecule has 0 aliphatic rings. The Bertz CT molecular complexity index is 990. The van der Waals surface area contributed by atoms with Gasteiger partial charge in [-0.25, -0.2) is 9.98 Å². The predicted molar refractivity (Wildman–Crippen MR) is 122 cm³/mol. The molecule has 1 aromatic heterocycles. The highest BCUT2D eigenvalue weighted by Gasteiger charge is 2.04. The summed E-state index contributed by atoms with van der Waals surface area (Å²) in [7, 11) is 3.30. The Labute approximate surface area is 183 Å². The average molecular weight is 421 g/mol. The molecule has 0 aliphatic heterocycles. The minimum atomic E-state index is 0.494. The highest BCUT2D eigenvalue weighted by Crippen LogP contribution is 2.24. The molecule has 0 aliphatic carbocycles. The Balaban J connectivity index is 1.60. The van der Waals surface area contributed by atoms with Gasteiger partial charge in [-0.3, -0.25) is 0 Å². The molecular formula is C24H28N4O3. The molecule has 31 heavy (non-hydrogen) atoms. The lowest BCUT2D eigenvalue weighted by Crippen LogP contribution is -2.36. The van der Waals surface area contributed by atoms with E-state index in [9.17, 15) is 0 Å². The maximum Gasteiger partial charge on any atom is 0.219 e. The quantitative estimate of drug-likeness (QED) is 0.400. The third-order valence-electron chi connectivity index (χ3n) is 4.46. The van der Waals surface area contributed by atoms with Crippen molar-refractivity contribution in [3.63, 3.8) is 0 Å². The van der Waals surface area contributed by atoms with Crippen LogP contribution in [0.25, 0.3) is 0 Å². The first-order chi connectivity index (χ1) is 15.2. The molecule has 162 valence electrons. The summed E-state index contributed by atoms with van der Waals surface area (Å²) in [5.41, 5.74) is 2.05. The van der Waals surface area contributed by atoms with Crippen molar-refractivity contribution in [1.29, 1.82) is 0 Å². The van der Waals surface area contributed by atoms with Gasteiger partial charge in [-0.2, -0.15) is 0 Å². The molecule has 2 N–H and O–H groups in total. The summed E-state index contributed by atoms with van der Waals surface area (Å²) >= 11 is 0. The fourth-order valence-electron chi connectivity index (χ4n) is 2.89. The van der Waals surface area contributed by atoms with Crippen molar-refractivity contribution in [3.05, 3.63) is 78.0 Å². The van der Waals surface area contributed by atoms with Gasteiger partial charge in [-0.15, -0.1) is 0 Å². The lowest BCUT2D eigenvalue weighted by Gasteiger charge is -2.13. The number of nitrogens with one attached hydrogen (secondary N) is 2. The van der Waals surface area contributed by atoms with E-state index >= 15 is 0 Å². The largest absolute Gasteiger partial charge is 0.497 e. The van der Waals surface area contributed by atoms with Crippen molar-refractivity contribution < 1.29 is 14.2 Å². The van der Waals surface area contributed by atoms with Gasteiger partial charge in [0.1, 0.15) is 17.2 Å². The summed E-state index contributed by atoms with van der Waals surface area (Å²) in [5.74, 6) is 3.50. The Morgan fingerprint density at radius 3 is 2.52 bits per heavy atom. The summed E-state index contributed by atoms with van der Waals surface area (Å²) in [6.45, 7) is 3.91. The minimum Gasteiger partial charge on any atom is -0.497 e. The van der Waals surface area contributed by atoms with Crippen molar-refractivity contribution in [3.8, 4) is 23.1 Å². The first-order valence-corrected chi connectivity index (χ1v) is 10.1. The van der Waals surface area contributed by atoms with Crippen molar-refractivity contribution >= 4 is 5.96 Å². The van der Waals surface area contributed by atoms with Gasteiger partial charge < -0.3 is 24.8 Å². The second-order valence-corrected chi connectivity index (χ2v) is 6.65. The molecule has 0 spiro atoms. The molecule has 2 aromatic carbocycles. The van der Waals surface area contributed by atoms with E-state index in [4.69, 9.17) is 14.2 Å². The third-order valence-corrected chi connectivity index (χ3v) is 4.46. The van der Waals surface area contributed by atoms with Crippen LogP contribution in [-0.2, 0) is 13.1 Å². The standard InChI is InChI=1S/C24H28N4O3/c1-4-25-24(28-17-19-8-5-6-11-22(19)30-3)27-16-18-12-13-23(26-15-18)31-21-10-7-9-20(14-21)29-2/h5-15H,4,16-17H2,1-3H3,(H2,25,27,28). The number of methoxy groups -OCH3 is 2. The van der Waals surface area contributed by atoms with Crippen LogP contribution in [0.2, 0.25) is 0 Å². The smallest absolute Gasteiger partial charge is 0.219 e. The number of pyridine rings is 1. The molecule has 0 unspecified atom stereocenters. The number of hydrogen-bond donors (Lipinski definition) is 2. The third kappa shape index (κ3) is 6.64. The van der Waals surface area contributed by atoms with E-state index in [1.165, 1.54) is 0 Å². The molecule has 0 atom stereocenters. The zero-order chi connectivity index (χ0) is 21.9. The van der Waals surface area contributed by atoms with E-state index in [-0.39, 0.29) is 0 Å². The second-order valence-electron chi connectivity index (χ2n) is 6.65. The van der Waals surface area contributed by atoms with Crippen LogP contribution in [0.15, 0.2) is 71.9 Å². The number of benzene rings is 2. The van der Waals surface area contributed by atoms with Crippen LogP contribution in [0.5, 0.6) is 23.1 Å². The monoisotopic (exact) mass is 420 g/mol. The van der Waals surface area contributed by atoms with Crippen LogP contribution in [0.4, 0.5) is 0 Å². The van der Waals surface area contributed by atoms with Crippen LogP contribution >= 0.6 is 0 Å². The summed E-state index contributed by atoms with van der Waals surface area (Å²) in [6.07, 6.45) is 1.77.